The van der Waals surface area contributed by atoms with Crippen LogP contribution in [0, 0.1) is 22.7 Å². The summed E-state index contributed by atoms with van der Waals surface area (Å²) >= 11 is 0. The molecule has 9 atom stereocenters. The standard InChI is InChI=1S/C24H34O9/c1-11(2)7-17(27)32-16-9-23(10-30-13(4)25)19-15(12(16)3)8-24(29)21(33-19)18(28)20(22(23,24)6)31-14(5)26/h11,15-16,18-21,28-29H,3,7-10H2,1-2,4-6H3/t15-,16-,18+,19+,20+,21+,22+,23+,24-/m0/s1. The highest BCUT2D eigenvalue weighted by atomic mass is 16.6. The molecule has 0 spiro atoms. The number of rotatable bonds is 6. The smallest absolute Gasteiger partial charge is 0.306 e. The molecule has 2 heterocycles. The summed E-state index contributed by atoms with van der Waals surface area (Å²) in [7, 11) is 0. The Morgan fingerprint density at radius 1 is 1.15 bits per heavy atom. The second-order valence-electron chi connectivity index (χ2n) is 10.7. The van der Waals surface area contributed by atoms with Gasteiger partial charge in [-0.3, -0.25) is 14.4 Å². The lowest BCUT2D eigenvalue weighted by Crippen LogP contribution is -2.78. The number of carbonyl (C=O) groups is 3. The summed E-state index contributed by atoms with van der Waals surface area (Å²) in [6.45, 7) is 12.1. The Labute approximate surface area is 193 Å². The van der Waals surface area contributed by atoms with Gasteiger partial charge in [-0.1, -0.05) is 27.4 Å². The van der Waals surface area contributed by atoms with Crippen LogP contribution in [-0.2, 0) is 33.3 Å². The zero-order valence-corrected chi connectivity index (χ0v) is 19.8. The van der Waals surface area contributed by atoms with Crippen molar-refractivity contribution in [1.82, 2.24) is 0 Å². The van der Waals surface area contributed by atoms with Gasteiger partial charge in [-0.25, -0.2) is 0 Å². The molecule has 2 aliphatic heterocycles. The van der Waals surface area contributed by atoms with Crippen LogP contribution < -0.4 is 0 Å². The molecule has 0 aromatic heterocycles. The zero-order chi connectivity index (χ0) is 24.5. The molecule has 5 fully saturated rings. The normalized spacial score (nSPS) is 45.2. The van der Waals surface area contributed by atoms with Crippen molar-refractivity contribution < 1.29 is 43.5 Å². The highest BCUT2D eigenvalue weighted by Gasteiger charge is 2.85. The largest absolute Gasteiger partial charge is 0.465 e. The van der Waals surface area contributed by atoms with E-state index in [1.165, 1.54) is 13.8 Å². The number of aliphatic hydroxyl groups excluding tert-OH is 1. The van der Waals surface area contributed by atoms with Crippen molar-refractivity contribution >= 4 is 17.9 Å². The fourth-order valence-corrected chi connectivity index (χ4v) is 6.97. The first-order valence-corrected chi connectivity index (χ1v) is 11.5. The molecule has 0 aromatic carbocycles. The lowest BCUT2D eigenvalue weighted by Gasteiger charge is -2.70. The molecule has 0 unspecified atom stereocenters. The SMILES string of the molecule is C=C1[C@@H](OC(=O)CC(C)C)C[C@@]2(COC(C)=O)[C@@H]3O[C@@H]4[C@H](O)[C@@H](OC(C)=O)[C@@]2(C)[C@]4(O)C[C@@H]13. The Balaban J connectivity index is 1.81. The van der Waals surface area contributed by atoms with Crippen molar-refractivity contribution in [1.29, 1.82) is 0 Å². The molecule has 2 saturated heterocycles. The van der Waals surface area contributed by atoms with E-state index >= 15 is 0 Å². The third kappa shape index (κ3) is 3.19. The molecule has 6 bridgehead atoms. The van der Waals surface area contributed by atoms with E-state index in [1.807, 2.05) is 13.8 Å². The zero-order valence-electron chi connectivity index (χ0n) is 19.8. The van der Waals surface area contributed by atoms with Crippen LogP contribution in [0.25, 0.3) is 0 Å². The molecule has 5 aliphatic rings. The second kappa shape index (κ2) is 7.78. The molecular formula is C24H34O9. The maximum Gasteiger partial charge on any atom is 0.306 e. The number of esters is 3. The van der Waals surface area contributed by atoms with Crippen LogP contribution in [0.3, 0.4) is 0 Å². The lowest BCUT2D eigenvalue weighted by atomic mass is 9.41. The Morgan fingerprint density at radius 3 is 2.39 bits per heavy atom. The molecule has 2 N–H and O–H groups in total. The molecule has 0 aromatic rings. The number of hydrogen-bond acceptors (Lipinski definition) is 9. The highest BCUT2D eigenvalue weighted by Crippen LogP contribution is 2.74. The second-order valence-corrected chi connectivity index (χ2v) is 10.7. The maximum atomic E-state index is 12.5. The van der Waals surface area contributed by atoms with Crippen LogP contribution in [0.1, 0.15) is 53.9 Å². The summed E-state index contributed by atoms with van der Waals surface area (Å²) in [5.41, 5.74) is -3.25. The minimum absolute atomic E-state index is 0.112. The first-order valence-electron chi connectivity index (χ1n) is 11.5. The summed E-state index contributed by atoms with van der Waals surface area (Å²) in [5.74, 6) is -1.76. The molecule has 0 radical (unpaired) electrons. The van der Waals surface area contributed by atoms with E-state index in [0.29, 0.717) is 5.57 Å². The Hall–Kier alpha value is -1.97. The summed E-state index contributed by atoms with van der Waals surface area (Å²) in [6.07, 6.45) is -3.99. The van der Waals surface area contributed by atoms with Crippen molar-refractivity contribution in [3.05, 3.63) is 12.2 Å². The summed E-state index contributed by atoms with van der Waals surface area (Å²) in [5, 5.41) is 23.1. The van der Waals surface area contributed by atoms with Gasteiger partial charge in [-0.05, 0) is 17.9 Å². The van der Waals surface area contributed by atoms with E-state index < -0.39 is 58.9 Å². The van der Waals surface area contributed by atoms with Gasteiger partial charge in [0.2, 0.25) is 0 Å². The molecule has 3 aliphatic carbocycles. The van der Waals surface area contributed by atoms with Gasteiger partial charge in [0, 0.05) is 38.0 Å². The van der Waals surface area contributed by atoms with Gasteiger partial charge in [0.15, 0.2) is 0 Å². The quantitative estimate of drug-likeness (QED) is 0.338. The minimum atomic E-state index is -1.57. The molecule has 184 valence electrons. The van der Waals surface area contributed by atoms with E-state index in [1.54, 1.807) is 6.92 Å². The predicted octanol–water partition coefficient (Wildman–Crippen LogP) is 1.28. The van der Waals surface area contributed by atoms with Crippen LogP contribution in [0.15, 0.2) is 12.2 Å². The third-order valence-corrected chi connectivity index (χ3v) is 8.44. The fraction of sp³-hybridized carbons (Fsp3) is 0.792. The minimum Gasteiger partial charge on any atom is -0.465 e. The van der Waals surface area contributed by atoms with Crippen LogP contribution in [0.4, 0.5) is 0 Å². The molecule has 0 amide bonds. The van der Waals surface area contributed by atoms with Gasteiger partial charge >= 0.3 is 17.9 Å². The molecule has 9 nitrogen and oxygen atoms in total. The van der Waals surface area contributed by atoms with Gasteiger partial charge in [0.1, 0.15) is 36.6 Å². The van der Waals surface area contributed by atoms with Crippen molar-refractivity contribution in [3.8, 4) is 0 Å². The van der Waals surface area contributed by atoms with Crippen LogP contribution in [0.2, 0.25) is 0 Å². The Bertz CT molecular complexity index is 883. The predicted molar refractivity (Wildman–Crippen MR) is 114 cm³/mol. The summed E-state index contributed by atoms with van der Waals surface area (Å²) < 4.78 is 23.2. The van der Waals surface area contributed by atoms with Gasteiger partial charge in [0.25, 0.3) is 0 Å². The van der Waals surface area contributed by atoms with Crippen molar-refractivity contribution in [2.45, 2.75) is 90.0 Å². The van der Waals surface area contributed by atoms with Crippen LogP contribution in [-0.4, -0.2) is 70.8 Å². The number of aliphatic hydroxyl groups is 2. The van der Waals surface area contributed by atoms with Crippen molar-refractivity contribution in [2.75, 3.05) is 6.61 Å². The summed E-state index contributed by atoms with van der Waals surface area (Å²) in [6, 6.07) is 0. The van der Waals surface area contributed by atoms with Gasteiger partial charge in [-0.15, -0.1) is 0 Å². The lowest BCUT2D eigenvalue weighted by molar-refractivity contribution is -0.356. The van der Waals surface area contributed by atoms with E-state index in [4.69, 9.17) is 18.9 Å². The van der Waals surface area contributed by atoms with Gasteiger partial charge < -0.3 is 29.2 Å². The molecule has 5 rings (SSSR count). The fourth-order valence-electron chi connectivity index (χ4n) is 6.97. The van der Waals surface area contributed by atoms with Crippen LogP contribution >= 0.6 is 0 Å². The molecule has 3 saturated carbocycles. The average molecular weight is 467 g/mol. The Morgan fingerprint density at radius 2 is 1.82 bits per heavy atom. The average Bonchev–Trinajstić information content (AvgIpc) is 2.81. The number of ether oxygens (including phenoxy) is 4. The van der Waals surface area contributed by atoms with E-state index in [0.717, 1.165) is 0 Å². The van der Waals surface area contributed by atoms with Crippen molar-refractivity contribution in [2.24, 2.45) is 22.7 Å². The topological polar surface area (TPSA) is 129 Å². The van der Waals surface area contributed by atoms with E-state index in [-0.39, 0.29) is 43.7 Å². The van der Waals surface area contributed by atoms with Gasteiger partial charge in [0.05, 0.1) is 11.5 Å². The maximum absolute atomic E-state index is 12.5. The Kier molecular flexibility index (Phi) is 5.70. The number of hydrogen-bond donors (Lipinski definition) is 2. The first kappa shape index (κ1) is 24.2. The van der Waals surface area contributed by atoms with Gasteiger partial charge in [-0.2, -0.15) is 0 Å². The first-order chi connectivity index (χ1) is 15.3. The monoisotopic (exact) mass is 466 g/mol. The van der Waals surface area contributed by atoms with E-state index in [9.17, 15) is 24.6 Å². The van der Waals surface area contributed by atoms with Crippen molar-refractivity contribution in [3.63, 3.8) is 0 Å². The molecule has 9 heteroatoms. The molecular weight excluding hydrogens is 432 g/mol. The van der Waals surface area contributed by atoms with E-state index in [2.05, 4.69) is 6.58 Å². The third-order valence-electron chi connectivity index (χ3n) is 8.44. The number of carbonyl (C=O) groups excluding carboxylic acids is 3. The highest BCUT2D eigenvalue weighted by molar-refractivity contribution is 5.70. The molecule has 33 heavy (non-hydrogen) atoms. The summed E-state index contributed by atoms with van der Waals surface area (Å²) in [4.78, 5) is 36.4. The van der Waals surface area contributed by atoms with Crippen LogP contribution in [0.5, 0.6) is 0 Å².